The second-order valence-corrected chi connectivity index (χ2v) is 9.23. The molecule has 0 bridgehead atoms. The Hall–Kier alpha value is -3.59. The van der Waals surface area contributed by atoms with Gasteiger partial charge in [-0.1, -0.05) is 47.7 Å². The number of aryl methyl sites for hydroxylation is 3. The Labute approximate surface area is 203 Å². The second-order valence-electron chi connectivity index (χ2n) is 7.93. The van der Waals surface area contributed by atoms with Gasteiger partial charge in [-0.05, 0) is 57.0 Å². The Morgan fingerprint density at radius 3 is 2.62 bits per heavy atom. The third kappa shape index (κ3) is 6.71. The summed E-state index contributed by atoms with van der Waals surface area (Å²) in [7, 11) is 0. The third-order valence-electron chi connectivity index (χ3n) is 4.98. The summed E-state index contributed by atoms with van der Waals surface area (Å²) in [5, 5.41) is 13.5. The van der Waals surface area contributed by atoms with Crippen LogP contribution in [0.1, 0.15) is 29.4 Å². The van der Waals surface area contributed by atoms with E-state index in [4.69, 9.17) is 4.74 Å². The monoisotopic (exact) mass is 479 g/mol. The summed E-state index contributed by atoms with van der Waals surface area (Å²) in [6.07, 6.45) is 1.73. The van der Waals surface area contributed by atoms with Crippen molar-refractivity contribution in [3.8, 4) is 5.75 Å². The number of urea groups is 1. The fourth-order valence-corrected chi connectivity index (χ4v) is 4.09. The summed E-state index contributed by atoms with van der Waals surface area (Å²) in [4.78, 5) is 24.9. The van der Waals surface area contributed by atoms with E-state index in [-0.39, 0.29) is 6.61 Å². The molecule has 1 aromatic heterocycles. The fourth-order valence-electron chi connectivity index (χ4n) is 3.21. The lowest BCUT2D eigenvalue weighted by Crippen LogP contribution is -2.39. The highest BCUT2D eigenvalue weighted by Gasteiger charge is 2.22. The van der Waals surface area contributed by atoms with Crippen LogP contribution < -0.4 is 15.4 Å². The van der Waals surface area contributed by atoms with Crippen LogP contribution in [0.5, 0.6) is 5.75 Å². The number of nitrogens with zero attached hydrogens (tertiary/aromatic N) is 3. The third-order valence-corrected chi connectivity index (χ3v) is 6.06. The van der Waals surface area contributed by atoms with Crippen LogP contribution in [0.2, 0.25) is 0 Å². The van der Waals surface area contributed by atoms with Crippen molar-refractivity contribution in [3.63, 3.8) is 0 Å². The quantitative estimate of drug-likeness (QED) is 0.338. The van der Waals surface area contributed by atoms with Gasteiger partial charge >= 0.3 is 6.03 Å². The van der Waals surface area contributed by atoms with Gasteiger partial charge in [-0.15, -0.1) is 16.8 Å². The molecule has 0 aliphatic rings. The van der Waals surface area contributed by atoms with Gasteiger partial charge < -0.3 is 10.1 Å². The average Bonchev–Trinajstić information content (AvgIpc) is 3.15. The van der Waals surface area contributed by atoms with Crippen LogP contribution in [-0.2, 0) is 17.9 Å². The van der Waals surface area contributed by atoms with Gasteiger partial charge in [0.2, 0.25) is 5.91 Å². The number of allylic oxidation sites excluding steroid dienone is 1. The Morgan fingerprint density at radius 1 is 1.15 bits per heavy atom. The molecule has 0 saturated carbocycles. The smallest absolute Gasteiger partial charge is 0.325 e. The van der Waals surface area contributed by atoms with Gasteiger partial charge in [0.05, 0.1) is 5.25 Å². The van der Waals surface area contributed by atoms with E-state index in [0.29, 0.717) is 23.2 Å². The van der Waals surface area contributed by atoms with Crippen LogP contribution in [0.3, 0.4) is 0 Å². The van der Waals surface area contributed by atoms with Gasteiger partial charge in [0, 0.05) is 12.2 Å². The highest BCUT2D eigenvalue weighted by atomic mass is 32.2. The Balaban J connectivity index is 1.61. The molecule has 178 valence electrons. The van der Waals surface area contributed by atoms with Gasteiger partial charge in [0.1, 0.15) is 12.4 Å². The van der Waals surface area contributed by atoms with Crippen LogP contribution in [0.25, 0.3) is 0 Å². The van der Waals surface area contributed by atoms with Crippen molar-refractivity contribution in [2.24, 2.45) is 0 Å². The Morgan fingerprint density at radius 2 is 1.91 bits per heavy atom. The van der Waals surface area contributed by atoms with Crippen molar-refractivity contribution in [1.82, 2.24) is 20.1 Å². The lowest BCUT2D eigenvalue weighted by molar-refractivity contribution is -0.119. The minimum absolute atomic E-state index is 0.226. The molecule has 3 rings (SSSR count). The summed E-state index contributed by atoms with van der Waals surface area (Å²) in [5.41, 5.74) is 3.77. The van der Waals surface area contributed by atoms with Crippen LogP contribution in [-0.4, -0.2) is 32.0 Å². The topological polar surface area (TPSA) is 98.1 Å². The SMILES string of the molecule is C=CCn1c(COc2cccc(C)c2)nnc1SC(C)C(=O)NC(=O)Nc1ccc(C)cc1C. The molecular weight excluding hydrogens is 450 g/mol. The highest BCUT2D eigenvalue weighted by molar-refractivity contribution is 8.00. The molecule has 0 aliphatic heterocycles. The zero-order valence-corrected chi connectivity index (χ0v) is 20.6. The highest BCUT2D eigenvalue weighted by Crippen LogP contribution is 2.24. The number of hydrogen-bond donors (Lipinski definition) is 2. The van der Waals surface area contributed by atoms with E-state index in [2.05, 4.69) is 27.4 Å². The maximum atomic E-state index is 12.6. The zero-order chi connectivity index (χ0) is 24.7. The van der Waals surface area contributed by atoms with Crippen LogP contribution in [0.4, 0.5) is 10.5 Å². The van der Waals surface area contributed by atoms with Crippen LogP contribution in [0, 0.1) is 20.8 Å². The first kappa shape index (κ1) is 25.0. The molecule has 3 aromatic rings. The number of thioether (sulfide) groups is 1. The predicted octanol–water partition coefficient (Wildman–Crippen LogP) is 4.80. The van der Waals surface area contributed by atoms with E-state index in [1.54, 1.807) is 13.0 Å². The van der Waals surface area contributed by atoms with Crippen molar-refractivity contribution >= 4 is 29.4 Å². The molecule has 0 aliphatic carbocycles. The van der Waals surface area contributed by atoms with Crippen molar-refractivity contribution in [2.45, 2.75) is 51.3 Å². The summed E-state index contributed by atoms with van der Waals surface area (Å²) >= 11 is 1.21. The van der Waals surface area contributed by atoms with Gasteiger partial charge in [-0.25, -0.2) is 4.79 Å². The van der Waals surface area contributed by atoms with E-state index >= 15 is 0 Å². The van der Waals surface area contributed by atoms with Crippen LogP contribution in [0.15, 0.2) is 60.3 Å². The number of ether oxygens (including phenoxy) is 1. The van der Waals surface area contributed by atoms with Gasteiger partial charge in [-0.3, -0.25) is 14.7 Å². The average molecular weight is 480 g/mol. The maximum absolute atomic E-state index is 12.6. The molecule has 1 unspecified atom stereocenters. The van der Waals surface area contributed by atoms with E-state index in [1.165, 1.54) is 11.8 Å². The molecule has 0 fully saturated rings. The Bertz CT molecular complexity index is 1190. The second kappa shape index (κ2) is 11.5. The Kier molecular flexibility index (Phi) is 8.48. The van der Waals surface area contributed by atoms with Crippen molar-refractivity contribution < 1.29 is 14.3 Å². The largest absolute Gasteiger partial charge is 0.486 e. The summed E-state index contributed by atoms with van der Waals surface area (Å²) < 4.78 is 7.69. The van der Waals surface area contributed by atoms with Crippen molar-refractivity contribution in [3.05, 3.63) is 77.6 Å². The van der Waals surface area contributed by atoms with E-state index < -0.39 is 17.2 Å². The molecule has 34 heavy (non-hydrogen) atoms. The number of carbonyl (C=O) groups excluding carboxylic acids is 2. The number of anilines is 1. The first-order valence-corrected chi connectivity index (χ1v) is 11.7. The molecule has 2 aromatic carbocycles. The molecule has 9 heteroatoms. The summed E-state index contributed by atoms with van der Waals surface area (Å²) in [5.74, 6) is 0.923. The molecule has 1 heterocycles. The number of amides is 3. The van der Waals surface area contributed by atoms with Crippen molar-refractivity contribution in [1.29, 1.82) is 0 Å². The molecule has 0 saturated heterocycles. The number of rotatable bonds is 9. The number of imide groups is 1. The normalized spacial score (nSPS) is 11.5. The number of nitrogens with one attached hydrogen (secondary N) is 2. The minimum atomic E-state index is -0.580. The molecule has 0 spiro atoms. The predicted molar refractivity (Wildman–Crippen MR) is 134 cm³/mol. The molecule has 1 atom stereocenters. The van der Waals surface area contributed by atoms with Gasteiger partial charge in [0.25, 0.3) is 0 Å². The minimum Gasteiger partial charge on any atom is -0.486 e. The molecule has 0 radical (unpaired) electrons. The number of benzene rings is 2. The number of aromatic nitrogens is 3. The maximum Gasteiger partial charge on any atom is 0.325 e. The van der Waals surface area contributed by atoms with Crippen LogP contribution >= 0.6 is 11.8 Å². The molecular formula is C25H29N5O3S. The lowest BCUT2D eigenvalue weighted by atomic mass is 10.1. The zero-order valence-electron chi connectivity index (χ0n) is 19.8. The van der Waals surface area contributed by atoms with E-state index in [1.807, 2.05) is 67.8 Å². The first-order chi connectivity index (χ1) is 16.3. The van der Waals surface area contributed by atoms with E-state index in [9.17, 15) is 9.59 Å². The van der Waals surface area contributed by atoms with Gasteiger partial charge in [0.15, 0.2) is 11.0 Å². The fraction of sp³-hybridized carbons (Fsp3) is 0.280. The summed E-state index contributed by atoms with van der Waals surface area (Å²) in [6, 6.07) is 12.8. The number of carbonyl (C=O) groups is 2. The summed E-state index contributed by atoms with van der Waals surface area (Å²) in [6.45, 7) is 12.1. The first-order valence-electron chi connectivity index (χ1n) is 10.8. The van der Waals surface area contributed by atoms with Gasteiger partial charge in [-0.2, -0.15) is 0 Å². The molecule has 8 nitrogen and oxygen atoms in total. The molecule has 2 N–H and O–H groups in total. The standard InChI is InChI=1S/C25H29N5O3S/c1-6-12-30-22(15-33-20-9-7-8-16(2)14-20)28-29-25(30)34-19(5)23(31)27-24(32)26-21-11-10-17(3)13-18(21)4/h6-11,13-14,19H,1,12,15H2,2-5H3,(H2,26,27,31,32). The number of hydrogen-bond acceptors (Lipinski definition) is 6. The lowest BCUT2D eigenvalue weighted by Gasteiger charge is -2.14. The molecule has 3 amide bonds. The van der Waals surface area contributed by atoms with E-state index in [0.717, 1.165) is 22.4 Å². The van der Waals surface area contributed by atoms with Crippen molar-refractivity contribution in [2.75, 3.05) is 5.32 Å².